The van der Waals surface area contributed by atoms with Crippen LogP contribution in [0.3, 0.4) is 0 Å². The molecule has 2 amide bonds. The highest BCUT2D eigenvalue weighted by Crippen LogP contribution is 2.20. The molecule has 0 radical (unpaired) electrons. The van der Waals surface area contributed by atoms with Gasteiger partial charge in [0.05, 0.1) is 0 Å². The van der Waals surface area contributed by atoms with Crippen LogP contribution in [0.4, 0.5) is 10.5 Å². The number of anilines is 1. The van der Waals surface area contributed by atoms with Gasteiger partial charge in [-0.1, -0.05) is 31.5 Å². The molecule has 0 saturated carbocycles. The van der Waals surface area contributed by atoms with Gasteiger partial charge < -0.3 is 15.3 Å². The standard InChI is InChI=1S/C16H24N2O3/c1-5-9-12-10-7-8-11-13(12)17-15(21)18(6-2)16(3,4)14(19)20/h7-8,10-11H,5-6,9H2,1-4H3,(H,17,21)(H,19,20). The van der Waals surface area contributed by atoms with Crippen molar-refractivity contribution in [3.05, 3.63) is 29.8 Å². The van der Waals surface area contributed by atoms with Crippen molar-refractivity contribution in [1.29, 1.82) is 0 Å². The van der Waals surface area contributed by atoms with Gasteiger partial charge in [-0.3, -0.25) is 0 Å². The molecule has 0 bridgehead atoms. The van der Waals surface area contributed by atoms with Gasteiger partial charge in [0.2, 0.25) is 0 Å². The molecular formula is C16H24N2O3. The molecule has 0 saturated heterocycles. The van der Waals surface area contributed by atoms with Crippen molar-refractivity contribution in [3.63, 3.8) is 0 Å². The molecule has 1 rings (SSSR count). The number of urea groups is 1. The molecule has 21 heavy (non-hydrogen) atoms. The van der Waals surface area contributed by atoms with Crippen LogP contribution in [-0.2, 0) is 11.2 Å². The van der Waals surface area contributed by atoms with Crippen LogP contribution in [0.2, 0.25) is 0 Å². The van der Waals surface area contributed by atoms with E-state index in [4.69, 9.17) is 0 Å². The number of para-hydroxylation sites is 1. The first-order chi connectivity index (χ1) is 9.84. The lowest BCUT2D eigenvalue weighted by atomic mass is 10.0. The fourth-order valence-electron chi connectivity index (χ4n) is 2.22. The highest BCUT2D eigenvalue weighted by Gasteiger charge is 2.37. The number of carbonyl (C=O) groups excluding carboxylic acids is 1. The number of carbonyl (C=O) groups is 2. The van der Waals surface area contributed by atoms with Gasteiger partial charge in [0.1, 0.15) is 5.54 Å². The van der Waals surface area contributed by atoms with Crippen LogP contribution in [0.5, 0.6) is 0 Å². The van der Waals surface area contributed by atoms with Gasteiger partial charge in [0, 0.05) is 12.2 Å². The van der Waals surface area contributed by atoms with Crippen LogP contribution < -0.4 is 5.32 Å². The summed E-state index contributed by atoms with van der Waals surface area (Å²) < 4.78 is 0. The average Bonchev–Trinajstić information content (AvgIpc) is 2.41. The molecule has 0 aliphatic heterocycles. The third-order valence-corrected chi connectivity index (χ3v) is 3.54. The molecule has 0 aromatic heterocycles. The molecular weight excluding hydrogens is 268 g/mol. The summed E-state index contributed by atoms with van der Waals surface area (Å²) in [7, 11) is 0. The van der Waals surface area contributed by atoms with Crippen LogP contribution in [-0.4, -0.2) is 34.1 Å². The molecule has 1 aromatic carbocycles. The fraction of sp³-hybridized carbons (Fsp3) is 0.500. The molecule has 5 nitrogen and oxygen atoms in total. The second kappa shape index (κ2) is 7.11. The number of nitrogens with one attached hydrogen (secondary N) is 1. The minimum Gasteiger partial charge on any atom is -0.480 e. The predicted molar refractivity (Wildman–Crippen MR) is 83.6 cm³/mol. The van der Waals surface area contributed by atoms with Crippen LogP contribution in [0, 0.1) is 0 Å². The van der Waals surface area contributed by atoms with E-state index in [9.17, 15) is 14.7 Å². The van der Waals surface area contributed by atoms with E-state index in [2.05, 4.69) is 12.2 Å². The lowest BCUT2D eigenvalue weighted by molar-refractivity contribution is -0.147. The molecule has 116 valence electrons. The number of nitrogens with zero attached hydrogens (tertiary/aromatic N) is 1. The quantitative estimate of drug-likeness (QED) is 0.844. The van der Waals surface area contributed by atoms with Crippen molar-refractivity contribution in [2.45, 2.75) is 46.1 Å². The highest BCUT2D eigenvalue weighted by molar-refractivity contribution is 5.94. The van der Waals surface area contributed by atoms with Gasteiger partial charge >= 0.3 is 12.0 Å². The van der Waals surface area contributed by atoms with Crippen LogP contribution in [0.25, 0.3) is 0 Å². The topological polar surface area (TPSA) is 69.6 Å². The zero-order valence-corrected chi connectivity index (χ0v) is 13.1. The Morgan fingerprint density at radius 1 is 1.24 bits per heavy atom. The number of carboxylic acids is 1. The van der Waals surface area contributed by atoms with E-state index in [-0.39, 0.29) is 0 Å². The maximum Gasteiger partial charge on any atom is 0.329 e. The molecule has 5 heteroatoms. The van der Waals surface area contributed by atoms with Crippen molar-refractivity contribution in [2.75, 3.05) is 11.9 Å². The minimum absolute atomic E-state index is 0.321. The Bertz CT molecular complexity index is 512. The van der Waals surface area contributed by atoms with Crippen molar-refractivity contribution in [3.8, 4) is 0 Å². The zero-order chi connectivity index (χ0) is 16.0. The molecule has 0 aliphatic carbocycles. The number of likely N-dealkylation sites (N-methyl/N-ethyl adjacent to an activating group) is 1. The smallest absolute Gasteiger partial charge is 0.329 e. The third kappa shape index (κ3) is 3.97. The normalized spacial score (nSPS) is 11.0. The average molecular weight is 292 g/mol. The Morgan fingerprint density at radius 2 is 1.86 bits per heavy atom. The summed E-state index contributed by atoms with van der Waals surface area (Å²) in [5.41, 5.74) is 0.542. The number of aryl methyl sites for hydroxylation is 1. The molecule has 0 spiro atoms. The maximum absolute atomic E-state index is 12.4. The monoisotopic (exact) mass is 292 g/mol. The number of rotatable bonds is 6. The highest BCUT2D eigenvalue weighted by atomic mass is 16.4. The number of hydrogen-bond donors (Lipinski definition) is 2. The van der Waals surface area contributed by atoms with Crippen molar-refractivity contribution < 1.29 is 14.7 Å². The third-order valence-electron chi connectivity index (χ3n) is 3.54. The second-order valence-corrected chi connectivity index (χ2v) is 5.45. The molecule has 0 unspecified atom stereocenters. The van der Waals surface area contributed by atoms with Crippen molar-refractivity contribution in [2.24, 2.45) is 0 Å². The Labute approximate surface area is 126 Å². The van der Waals surface area contributed by atoms with Gasteiger partial charge in [-0.2, -0.15) is 0 Å². The van der Waals surface area contributed by atoms with E-state index in [1.54, 1.807) is 6.92 Å². The zero-order valence-electron chi connectivity index (χ0n) is 13.1. The van der Waals surface area contributed by atoms with E-state index in [0.29, 0.717) is 6.54 Å². The summed E-state index contributed by atoms with van der Waals surface area (Å²) in [6.45, 7) is 7.21. The van der Waals surface area contributed by atoms with Gasteiger partial charge in [-0.15, -0.1) is 0 Å². The Morgan fingerprint density at radius 3 is 2.38 bits per heavy atom. The lowest BCUT2D eigenvalue weighted by Gasteiger charge is -2.34. The fourth-order valence-corrected chi connectivity index (χ4v) is 2.22. The van der Waals surface area contributed by atoms with Gasteiger partial charge in [-0.05, 0) is 38.8 Å². The van der Waals surface area contributed by atoms with Crippen LogP contribution in [0.1, 0.15) is 39.7 Å². The van der Waals surface area contributed by atoms with E-state index < -0.39 is 17.5 Å². The van der Waals surface area contributed by atoms with Gasteiger partial charge in [-0.25, -0.2) is 9.59 Å². The lowest BCUT2D eigenvalue weighted by Crippen LogP contribution is -2.54. The van der Waals surface area contributed by atoms with E-state index in [0.717, 1.165) is 24.1 Å². The number of benzene rings is 1. The summed E-state index contributed by atoms with van der Waals surface area (Å²) in [5, 5.41) is 12.1. The van der Waals surface area contributed by atoms with Gasteiger partial charge in [0.25, 0.3) is 0 Å². The minimum atomic E-state index is -1.25. The summed E-state index contributed by atoms with van der Waals surface area (Å²) in [6, 6.07) is 7.20. The summed E-state index contributed by atoms with van der Waals surface area (Å²) >= 11 is 0. The first-order valence-electron chi connectivity index (χ1n) is 7.24. The summed E-state index contributed by atoms with van der Waals surface area (Å²) in [4.78, 5) is 25.0. The van der Waals surface area contributed by atoms with E-state index >= 15 is 0 Å². The Balaban J connectivity index is 2.96. The molecule has 0 fully saturated rings. The van der Waals surface area contributed by atoms with E-state index in [1.165, 1.54) is 18.7 Å². The SMILES string of the molecule is CCCc1ccccc1NC(=O)N(CC)C(C)(C)C(=O)O. The number of hydrogen-bond acceptors (Lipinski definition) is 2. The van der Waals surface area contributed by atoms with Crippen LogP contribution >= 0.6 is 0 Å². The molecule has 0 atom stereocenters. The summed E-state index contributed by atoms with van der Waals surface area (Å²) in [6.07, 6.45) is 1.84. The molecule has 0 heterocycles. The maximum atomic E-state index is 12.4. The molecule has 2 N–H and O–H groups in total. The number of amides is 2. The number of aliphatic carboxylic acids is 1. The molecule has 1 aromatic rings. The summed E-state index contributed by atoms with van der Waals surface area (Å²) in [5.74, 6) is -1.03. The predicted octanol–water partition coefficient (Wildman–Crippen LogP) is 3.36. The van der Waals surface area contributed by atoms with Crippen molar-refractivity contribution >= 4 is 17.7 Å². The van der Waals surface area contributed by atoms with E-state index in [1.807, 2.05) is 24.3 Å². The molecule has 0 aliphatic rings. The van der Waals surface area contributed by atoms with Crippen molar-refractivity contribution in [1.82, 2.24) is 4.90 Å². The largest absolute Gasteiger partial charge is 0.480 e. The first-order valence-corrected chi connectivity index (χ1v) is 7.24. The van der Waals surface area contributed by atoms with Gasteiger partial charge in [0.15, 0.2) is 0 Å². The second-order valence-electron chi connectivity index (χ2n) is 5.45. The number of carboxylic acid groups (broad SMARTS) is 1. The Kier molecular flexibility index (Phi) is 5.76. The Hall–Kier alpha value is -2.04. The first kappa shape index (κ1) is 17.0. The van der Waals surface area contributed by atoms with Crippen LogP contribution in [0.15, 0.2) is 24.3 Å².